The summed E-state index contributed by atoms with van der Waals surface area (Å²) in [5.74, 6) is -0.225. The molecular weight excluding hydrogens is 326 g/mol. The van der Waals surface area contributed by atoms with E-state index in [1.807, 2.05) is 38.1 Å². The summed E-state index contributed by atoms with van der Waals surface area (Å²) in [5.41, 5.74) is 3.16. The van der Waals surface area contributed by atoms with Crippen molar-refractivity contribution in [1.29, 1.82) is 0 Å². The Hall–Kier alpha value is -2.49. The molecule has 4 heteroatoms. The van der Waals surface area contributed by atoms with Crippen molar-refractivity contribution in [3.8, 4) is 22.6 Å². The van der Waals surface area contributed by atoms with Gasteiger partial charge in [0.2, 0.25) is 0 Å². The third kappa shape index (κ3) is 3.55. The number of aryl methyl sites for hydroxylation is 2. The van der Waals surface area contributed by atoms with Gasteiger partial charge in [0, 0.05) is 12.6 Å². The van der Waals surface area contributed by atoms with Crippen molar-refractivity contribution >= 4 is 5.91 Å². The van der Waals surface area contributed by atoms with Crippen LogP contribution in [0.15, 0.2) is 30.3 Å². The smallest absolute Gasteiger partial charge is 0.258 e. The van der Waals surface area contributed by atoms with Gasteiger partial charge in [0.15, 0.2) is 0 Å². The van der Waals surface area contributed by atoms with Gasteiger partial charge in [-0.3, -0.25) is 4.79 Å². The monoisotopic (exact) mass is 353 g/mol. The van der Waals surface area contributed by atoms with Crippen LogP contribution < -0.4 is 0 Å². The fourth-order valence-corrected chi connectivity index (χ4v) is 3.46. The average molecular weight is 353 g/mol. The maximum atomic E-state index is 12.9. The fraction of sp³-hybridized carbons (Fsp3) is 0.409. The van der Waals surface area contributed by atoms with Crippen LogP contribution in [-0.2, 0) is 6.42 Å². The van der Waals surface area contributed by atoms with Gasteiger partial charge in [0.25, 0.3) is 5.91 Å². The summed E-state index contributed by atoms with van der Waals surface area (Å²) in [4.78, 5) is 14.7. The predicted molar refractivity (Wildman–Crippen MR) is 104 cm³/mol. The van der Waals surface area contributed by atoms with Gasteiger partial charge < -0.3 is 15.1 Å². The molecule has 2 aromatic carbocycles. The molecule has 2 N–H and O–H groups in total. The molecule has 2 aromatic rings. The first-order chi connectivity index (χ1) is 12.4. The zero-order valence-electron chi connectivity index (χ0n) is 15.7. The first kappa shape index (κ1) is 18.3. The lowest BCUT2D eigenvalue weighted by molar-refractivity contribution is 0.0872. The Bertz CT molecular complexity index is 828. The Morgan fingerprint density at radius 3 is 2.58 bits per heavy atom. The number of rotatable bonds is 6. The molecule has 0 radical (unpaired) electrons. The Morgan fingerprint density at radius 1 is 1.23 bits per heavy atom. The second-order valence-corrected chi connectivity index (χ2v) is 7.29. The molecule has 3 rings (SSSR count). The molecule has 0 aliphatic carbocycles. The molecule has 0 bridgehead atoms. The van der Waals surface area contributed by atoms with Crippen LogP contribution in [0.5, 0.6) is 11.5 Å². The minimum Gasteiger partial charge on any atom is -0.507 e. The van der Waals surface area contributed by atoms with E-state index in [1.54, 1.807) is 11.0 Å². The number of amides is 1. The highest BCUT2D eigenvalue weighted by Crippen LogP contribution is 2.43. The zero-order valence-corrected chi connectivity index (χ0v) is 15.7. The Balaban J connectivity index is 2.10. The lowest BCUT2D eigenvalue weighted by Crippen LogP contribution is -2.16. The van der Waals surface area contributed by atoms with Crippen LogP contribution in [0.3, 0.4) is 0 Å². The first-order valence-electron chi connectivity index (χ1n) is 9.39. The Labute approximate surface area is 155 Å². The number of nitrogens with zero attached hydrogens (tertiary/aromatic N) is 1. The number of phenolic OH excluding ortho intramolecular Hbond substituents is 2. The lowest BCUT2D eigenvalue weighted by Gasteiger charge is -2.17. The molecule has 1 unspecified atom stereocenters. The quantitative estimate of drug-likeness (QED) is 0.587. The van der Waals surface area contributed by atoms with Crippen LogP contribution in [0.1, 0.15) is 54.6 Å². The molecule has 1 atom stereocenters. The number of aromatic hydroxyl groups is 2. The highest BCUT2D eigenvalue weighted by atomic mass is 16.3. The van der Waals surface area contributed by atoms with Crippen LogP contribution in [0.4, 0.5) is 0 Å². The Kier molecular flexibility index (Phi) is 5.21. The van der Waals surface area contributed by atoms with Gasteiger partial charge in [-0.1, -0.05) is 49.6 Å². The van der Waals surface area contributed by atoms with Crippen LogP contribution in [-0.4, -0.2) is 33.6 Å². The summed E-state index contributed by atoms with van der Waals surface area (Å²) in [6, 6.07) is 9.45. The molecule has 1 saturated heterocycles. The SMILES string of the molecule is CCCCCc1cc(O)c(-c2cccc(C)c2)c(O)c1C(=O)N1CC1C. The zero-order chi connectivity index (χ0) is 18.8. The number of benzene rings is 2. The minimum atomic E-state index is -0.143. The number of hydrogen-bond acceptors (Lipinski definition) is 3. The third-order valence-electron chi connectivity index (χ3n) is 5.05. The van der Waals surface area contributed by atoms with E-state index < -0.39 is 0 Å². The molecule has 1 aliphatic rings. The van der Waals surface area contributed by atoms with Crippen LogP contribution in [0.25, 0.3) is 11.1 Å². The van der Waals surface area contributed by atoms with Gasteiger partial charge in [-0.2, -0.15) is 0 Å². The van der Waals surface area contributed by atoms with Crippen molar-refractivity contribution < 1.29 is 15.0 Å². The molecule has 4 nitrogen and oxygen atoms in total. The first-order valence-corrected chi connectivity index (χ1v) is 9.39. The van der Waals surface area contributed by atoms with E-state index in [0.29, 0.717) is 29.7 Å². The van der Waals surface area contributed by atoms with Gasteiger partial charge in [0.05, 0.1) is 11.1 Å². The second-order valence-electron chi connectivity index (χ2n) is 7.29. The fourth-order valence-electron chi connectivity index (χ4n) is 3.46. The van der Waals surface area contributed by atoms with Crippen LogP contribution in [0.2, 0.25) is 0 Å². The van der Waals surface area contributed by atoms with Gasteiger partial charge in [-0.15, -0.1) is 0 Å². The van der Waals surface area contributed by atoms with Gasteiger partial charge in [0.1, 0.15) is 11.5 Å². The van der Waals surface area contributed by atoms with Crippen molar-refractivity contribution in [3.63, 3.8) is 0 Å². The summed E-state index contributed by atoms with van der Waals surface area (Å²) in [5, 5.41) is 21.6. The average Bonchev–Trinajstić information content (AvgIpc) is 3.31. The molecule has 1 amide bonds. The van der Waals surface area contributed by atoms with Crippen molar-refractivity contribution in [2.75, 3.05) is 6.54 Å². The summed E-state index contributed by atoms with van der Waals surface area (Å²) in [7, 11) is 0. The lowest BCUT2D eigenvalue weighted by atomic mass is 9.92. The highest BCUT2D eigenvalue weighted by Gasteiger charge is 2.37. The van der Waals surface area contributed by atoms with Gasteiger partial charge in [-0.25, -0.2) is 0 Å². The third-order valence-corrected chi connectivity index (χ3v) is 5.05. The molecule has 1 fully saturated rings. The number of carbonyl (C=O) groups is 1. The van der Waals surface area contributed by atoms with E-state index in [0.717, 1.165) is 30.4 Å². The second kappa shape index (κ2) is 7.40. The maximum absolute atomic E-state index is 12.9. The molecular formula is C22H27NO3. The van der Waals surface area contributed by atoms with Crippen LogP contribution >= 0.6 is 0 Å². The molecule has 0 aromatic heterocycles. The number of unbranched alkanes of at least 4 members (excludes halogenated alkanes) is 2. The summed E-state index contributed by atoms with van der Waals surface area (Å²) < 4.78 is 0. The van der Waals surface area contributed by atoms with E-state index >= 15 is 0 Å². The largest absolute Gasteiger partial charge is 0.507 e. The van der Waals surface area contributed by atoms with E-state index in [4.69, 9.17) is 0 Å². The standard InChI is InChI=1S/C22H27NO3/c1-4-5-6-9-17-12-18(24)19(16-10-7-8-14(2)11-16)21(25)20(17)22(26)23-13-15(23)3/h7-8,10-12,15,24-25H,4-6,9,13H2,1-3H3. The van der Waals surface area contributed by atoms with Gasteiger partial charge >= 0.3 is 0 Å². The van der Waals surface area contributed by atoms with Gasteiger partial charge in [-0.05, 0) is 43.9 Å². The highest BCUT2D eigenvalue weighted by molar-refractivity contribution is 6.03. The van der Waals surface area contributed by atoms with Crippen LogP contribution in [0, 0.1) is 6.92 Å². The molecule has 0 saturated carbocycles. The van der Waals surface area contributed by atoms with Crippen molar-refractivity contribution in [1.82, 2.24) is 4.90 Å². The van der Waals surface area contributed by atoms with Crippen molar-refractivity contribution in [2.24, 2.45) is 0 Å². The number of carbonyl (C=O) groups excluding carboxylic acids is 1. The molecule has 0 spiro atoms. The molecule has 138 valence electrons. The summed E-state index contributed by atoms with van der Waals surface area (Å²) in [6.07, 6.45) is 3.72. The normalized spacial score (nSPS) is 16.0. The molecule has 1 heterocycles. The van der Waals surface area contributed by atoms with E-state index in [2.05, 4.69) is 6.92 Å². The number of hydrogen-bond donors (Lipinski definition) is 2. The molecule has 26 heavy (non-hydrogen) atoms. The Morgan fingerprint density at radius 2 is 1.96 bits per heavy atom. The van der Waals surface area contributed by atoms with E-state index in [-0.39, 0.29) is 23.4 Å². The maximum Gasteiger partial charge on any atom is 0.258 e. The minimum absolute atomic E-state index is 0.0231. The van der Waals surface area contributed by atoms with Crippen molar-refractivity contribution in [2.45, 2.75) is 52.5 Å². The van der Waals surface area contributed by atoms with Crippen molar-refractivity contribution in [3.05, 3.63) is 47.0 Å². The number of phenols is 2. The summed E-state index contributed by atoms with van der Waals surface area (Å²) in [6.45, 7) is 6.79. The predicted octanol–water partition coefficient (Wildman–Crippen LogP) is 4.65. The topological polar surface area (TPSA) is 60.5 Å². The van der Waals surface area contributed by atoms with E-state index in [1.165, 1.54) is 0 Å². The molecule has 1 aliphatic heterocycles. The summed E-state index contributed by atoms with van der Waals surface area (Å²) >= 11 is 0. The van der Waals surface area contributed by atoms with E-state index in [9.17, 15) is 15.0 Å².